The van der Waals surface area contributed by atoms with Crippen molar-refractivity contribution in [2.45, 2.75) is 0 Å². The van der Waals surface area contributed by atoms with Crippen molar-refractivity contribution in [2.24, 2.45) is 0 Å². The average Bonchev–Trinajstić information content (AvgIpc) is 2.65. The Morgan fingerprint density at radius 2 is 2.29 bits per heavy atom. The molecule has 0 unspecified atom stereocenters. The normalized spacial score (nSPS) is 10.1. The summed E-state index contributed by atoms with van der Waals surface area (Å²) in [6.07, 6.45) is 1.62. The average molecular weight is 301 g/mol. The quantitative estimate of drug-likeness (QED) is 0.800. The molecule has 2 rings (SSSR count). The molecule has 0 aliphatic heterocycles. The van der Waals surface area contributed by atoms with E-state index in [2.05, 4.69) is 27.7 Å². The van der Waals surface area contributed by atoms with Crippen LogP contribution in [-0.2, 0) is 0 Å². The molecular weight excluding hydrogens is 293 g/mol. The van der Waals surface area contributed by atoms with Crippen molar-refractivity contribution >= 4 is 22.6 Å². The SMILES string of the molecule is COc1cccc(-c2nocc2I)c1. The molecule has 0 aliphatic carbocycles. The zero-order chi connectivity index (χ0) is 9.97. The predicted octanol–water partition coefficient (Wildman–Crippen LogP) is 2.95. The number of halogens is 1. The van der Waals surface area contributed by atoms with Crippen LogP contribution in [0.2, 0.25) is 0 Å². The van der Waals surface area contributed by atoms with Crippen LogP contribution >= 0.6 is 22.6 Å². The van der Waals surface area contributed by atoms with E-state index in [0.717, 1.165) is 20.6 Å². The highest BCUT2D eigenvalue weighted by atomic mass is 127. The molecule has 0 atom stereocenters. The van der Waals surface area contributed by atoms with Crippen molar-refractivity contribution < 1.29 is 9.26 Å². The van der Waals surface area contributed by atoms with Crippen molar-refractivity contribution in [3.63, 3.8) is 0 Å². The van der Waals surface area contributed by atoms with Crippen molar-refractivity contribution in [3.8, 4) is 17.0 Å². The minimum absolute atomic E-state index is 0.821. The summed E-state index contributed by atoms with van der Waals surface area (Å²) in [6, 6.07) is 7.73. The highest BCUT2D eigenvalue weighted by Gasteiger charge is 2.07. The van der Waals surface area contributed by atoms with Crippen LogP contribution in [0.15, 0.2) is 35.1 Å². The Morgan fingerprint density at radius 1 is 1.43 bits per heavy atom. The number of ether oxygens (including phenoxy) is 1. The van der Waals surface area contributed by atoms with Gasteiger partial charge in [0.2, 0.25) is 0 Å². The molecule has 0 spiro atoms. The summed E-state index contributed by atoms with van der Waals surface area (Å²) >= 11 is 2.19. The molecule has 3 nitrogen and oxygen atoms in total. The summed E-state index contributed by atoms with van der Waals surface area (Å²) in [7, 11) is 1.65. The molecule has 0 radical (unpaired) electrons. The smallest absolute Gasteiger partial charge is 0.137 e. The highest BCUT2D eigenvalue weighted by Crippen LogP contribution is 2.26. The molecule has 0 fully saturated rings. The summed E-state index contributed by atoms with van der Waals surface area (Å²) in [5.74, 6) is 0.821. The van der Waals surface area contributed by atoms with Crippen molar-refractivity contribution in [1.29, 1.82) is 0 Å². The van der Waals surface area contributed by atoms with E-state index in [9.17, 15) is 0 Å². The Kier molecular flexibility index (Phi) is 2.72. The molecule has 0 saturated heterocycles. The molecule has 0 bridgehead atoms. The van der Waals surface area contributed by atoms with E-state index in [4.69, 9.17) is 9.26 Å². The molecule has 1 aromatic heterocycles. The molecule has 14 heavy (non-hydrogen) atoms. The summed E-state index contributed by atoms with van der Waals surface area (Å²) in [6.45, 7) is 0. The zero-order valence-corrected chi connectivity index (χ0v) is 9.69. The second-order valence-corrected chi connectivity index (χ2v) is 3.91. The first-order valence-corrected chi connectivity index (χ1v) is 5.13. The summed E-state index contributed by atoms with van der Waals surface area (Å²) < 4.78 is 11.0. The van der Waals surface area contributed by atoms with Crippen molar-refractivity contribution in [1.82, 2.24) is 5.16 Å². The number of rotatable bonds is 2. The Hall–Kier alpha value is -1.04. The predicted molar refractivity (Wildman–Crippen MR) is 61.2 cm³/mol. The van der Waals surface area contributed by atoms with Crippen LogP contribution in [0.3, 0.4) is 0 Å². The van der Waals surface area contributed by atoms with Gasteiger partial charge in [0, 0.05) is 5.56 Å². The van der Waals surface area contributed by atoms with Gasteiger partial charge in [-0.05, 0) is 34.7 Å². The monoisotopic (exact) mass is 301 g/mol. The van der Waals surface area contributed by atoms with Crippen LogP contribution in [0.5, 0.6) is 5.75 Å². The van der Waals surface area contributed by atoms with Gasteiger partial charge in [-0.2, -0.15) is 0 Å². The number of aromatic nitrogens is 1. The third-order valence-electron chi connectivity index (χ3n) is 1.87. The van der Waals surface area contributed by atoms with Gasteiger partial charge in [0.25, 0.3) is 0 Å². The maximum Gasteiger partial charge on any atom is 0.137 e. The number of nitrogens with zero attached hydrogens (tertiary/aromatic N) is 1. The van der Waals surface area contributed by atoms with Crippen LogP contribution in [0.25, 0.3) is 11.3 Å². The topological polar surface area (TPSA) is 35.3 Å². The van der Waals surface area contributed by atoms with E-state index in [0.29, 0.717) is 0 Å². The zero-order valence-electron chi connectivity index (χ0n) is 7.53. The molecule has 0 aliphatic rings. The fourth-order valence-corrected chi connectivity index (χ4v) is 1.71. The third kappa shape index (κ3) is 1.75. The Morgan fingerprint density at radius 3 is 2.93 bits per heavy atom. The molecule has 1 heterocycles. The first kappa shape index (κ1) is 9.51. The van der Waals surface area contributed by atoms with Gasteiger partial charge < -0.3 is 9.26 Å². The lowest BCUT2D eigenvalue weighted by atomic mass is 10.1. The number of hydrogen-bond acceptors (Lipinski definition) is 3. The van der Waals surface area contributed by atoms with E-state index < -0.39 is 0 Å². The first-order valence-electron chi connectivity index (χ1n) is 4.05. The van der Waals surface area contributed by atoms with Crippen LogP contribution in [0.4, 0.5) is 0 Å². The van der Waals surface area contributed by atoms with Gasteiger partial charge in [0.05, 0.1) is 10.7 Å². The van der Waals surface area contributed by atoms with Crippen molar-refractivity contribution in [3.05, 3.63) is 34.1 Å². The Bertz CT molecular complexity index is 439. The number of hydrogen-bond donors (Lipinski definition) is 0. The van der Waals surface area contributed by atoms with Gasteiger partial charge >= 0.3 is 0 Å². The molecule has 2 aromatic rings. The molecule has 4 heteroatoms. The van der Waals surface area contributed by atoms with Gasteiger partial charge in [-0.1, -0.05) is 17.3 Å². The third-order valence-corrected chi connectivity index (χ3v) is 2.63. The van der Waals surface area contributed by atoms with E-state index in [1.807, 2.05) is 24.3 Å². The van der Waals surface area contributed by atoms with Gasteiger partial charge in [-0.3, -0.25) is 0 Å². The fraction of sp³-hybridized carbons (Fsp3) is 0.100. The lowest BCUT2D eigenvalue weighted by molar-refractivity contribution is 0.414. The lowest BCUT2D eigenvalue weighted by Crippen LogP contribution is -1.84. The molecule has 72 valence electrons. The summed E-state index contributed by atoms with van der Waals surface area (Å²) in [4.78, 5) is 0. The van der Waals surface area contributed by atoms with E-state index in [1.165, 1.54) is 0 Å². The maximum absolute atomic E-state index is 5.13. The summed E-state index contributed by atoms with van der Waals surface area (Å²) in [5, 5.41) is 3.92. The van der Waals surface area contributed by atoms with Gasteiger partial charge in [-0.25, -0.2) is 0 Å². The van der Waals surface area contributed by atoms with Gasteiger partial charge in [0.15, 0.2) is 0 Å². The lowest BCUT2D eigenvalue weighted by Gasteiger charge is -2.01. The van der Waals surface area contributed by atoms with Gasteiger partial charge in [0.1, 0.15) is 17.7 Å². The second kappa shape index (κ2) is 4.00. The van der Waals surface area contributed by atoms with Gasteiger partial charge in [-0.15, -0.1) is 0 Å². The largest absolute Gasteiger partial charge is 0.497 e. The molecule has 1 aromatic carbocycles. The van der Waals surface area contributed by atoms with E-state index >= 15 is 0 Å². The first-order chi connectivity index (χ1) is 6.81. The highest BCUT2D eigenvalue weighted by molar-refractivity contribution is 14.1. The molecule has 0 amide bonds. The molecule has 0 saturated carbocycles. The maximum atomic E-state index is 5.13. The van der Waals surface area contributed by atoms with Crippen LogP contribution in [0, 0.1) is 3.57 Å². The van der Waals surface area contributed by atoms with Crippen LogP contribution in [0.1, 0.15) is 0 Å². The Labute approximate surface area is 95.2 Å². The minimum Gasteiger partial charge on any atom is -0.497 e. The van der Waals surface area contributed by atoms with Crippen molar-refractivity contribution in [2.75, 3.05) is 7.11 Å². The van der Waals surface area contributed by atoms with E-state index in [-0.39, 0.29) is 0 Å². The number of benzene rings is 1. The molecular formula is C10H8INO2. The van der Waals surface area contributed by atoms with Crippen LogP contribution < -0.4 is 4.74 Å². The summed E-state index contributed by atoms with van der Waals surface area (Å²) in [5.41, 5.74) is 1.85. The van der Waals surface area contributed by atoms with E-state index in [1.54, 1.807) is 13.4 Å². The second-order valence-electron chi connectivity index (χ2n) is 2.74. The van der Waals surface area contributed by atoms with Crippen LogP contribution in [-0.4, -0.2) is 12.3 Å². The standard InChI is InChI=1S/C10H8INO2/c1-13-8-4-2-3-7(5-8)10-9(11)6-14-12-10/h2-6H,1H3. The minimum atomic E-state index is 0.821. The molecule has 0 N–H and O–H groups in total. The Balaban J connectivity index is 2.47. The number of methoxy groups -OCH3 is 1. The fourth-order valence-electron chi connectivity index (χ4n) is 1.19.